The van der Waals surface area contributed by atoms with Crippen LogP contribution in [0.15, 0.2) is 18.2 Å². The van der Waals surface area contributed by atoms with Gasteiger partial charge in [0.05, 0.1) is 12.5 Å². The van der Waals surface area contributed by atoms with Gasteiger partial charge < -0.3 is 15.1 Å². The summed E-state index contributed by atoms with van der Waals surface area (Å²) in [6.07, 6.45) is 0.645. The lowest BCUT2D eigenvalue weighted by Gasteiger charge is -2.29. The number of fused-ring (bicyclic) bond motifs is 1. The summed E-state index contributed by atoms with van der Waals surface area (Å²) in [7, 11) is 1.70. The zero-order valence-electron chi connectivity index (χ0n) is 15.1. The highest BCUT2D eigenvalue weighted by Gasteiger charge is 2.39. The SMILES string of the molecule is CCNC(=O)N(C)Cc1cccc2c1CN(C1CCC(=O)CC1=O)C2=O. The maximum atomic E-state index is 12.8. The van der Waals surface area contributed by atoms with Crippen molar-refractivity contribution in [2.24, 2.45) is 0 Å². The summed E-state index contributed by atoms with van der Waals surface area (Å²) in [6, 6.07) is 4.75. The first-order valence-corrected chi connectivity index (χ1v) is 8.87. The van der Waals surface area contributed by atoms with Crippen LogP contribution in [-0.4, -0.2) is 52.9 Å². The van der Waals surface area contributed by atoms with E-state index in [1.54, 1.807) is 29.0 Å². The van der Waals surface area contributed by atoms with Crippen LogP contribution in [0.1, 0.15) is 47.7 Å². The number of Topliss-reactive ketones (excluding diaryl/α,β-unsaturated/α-hetero) is 2. The molecule has 1 aromatic carbocycles. The van der Waals surface area contributed by atoms with Crippen molar-refractivity contribution in [3.63, 3.8) is 0 Å². The lowest BCUT2D eigenvalue weighted by Crippen LogP contribution is -2.44. The number of nitrogens with zero attached hydrogens (tertiary/aromatic N) is 2. The number of amides is 3. The Morgan fingerprint density at radius 2 is 2.08 bits per heavy atom. The van der Waals surface area contributed by atoms with Crippen molar-refractivity contribution in [2.75, 3.05) is 13.6 Å². The average Bonchev–Trinajstić information content (AvgIpc) is 2.93. The first-order valence-electron chi connectivity index (χ1n) is 8.87. The molecule has 26 heavy (non-hydrogen) atoms. The van der Waals surface area contributed by atoms with E-state index in [1.165, 1.54) is 0 Å². The second-order valence-electron chi connectivity index (χ2n) is 6.80. The minimum absolute atomic E-state index is 0.0559. The zero-order chi connectivity index (χ0) is 18.8. The maximum absolute atomic E-state index is 12.8. The van der Waals surface area contributed by atoms with E-state index < -0.39 is 6.04 Å². The summed E-state index contributed by atoms with van der Waals surface area (Å²) < 4.78 is 0. The first kappa shape index (κ1) is 18.1. The predicted molar refractivity (Wildman–Crippen MR) is 94.5 cm³/mol. The number of urea groups is 1. The molecule has 1 unspecified atom stereocenters. The molecule has 1 saturated carbocycles. The van der Waals surface area contributed by atoms with E-state index in [0.717, 1.165) is 11.1 Å². The molecule has 1 aliphatic carbocycles. The minimum Gasteiger partial charge on any atom is -0.338 e. The summed E-state index contributed by atoms with van der Waals surface area (Å²) in [4.78, 5) is 51.6. The molecule has 0 saturated heterocycles. The van der Waals surface area contributed by atoms with Crippen LogP contribution in [0.25, 0.3) is 0 Å². The molecular formula is C19H23N3O4. The highest BCUT2D eigenvalue weighted by Crippen LogP contribution is 2.31. The maximum Gasteiger partial charge on any atom is 0.317 e. The van der Waals surface area contributed by atoms with Gasteiger partial charge in [0, 0.05) is 38.7 Å². The third-order valence-corrected chi connectivity index (χ3v) is 4.99. The second kappa shape index (κ2) is 7.27. The Kier molecular flexibility index (Phi) is 5.06. The minimum atomic E-state index is -0.526. The Morgan fingerprint density at radius 1 is 1.31 bits per heavy atom. The molecule has 138 valence electrons. The molecule has 0 aromatic heterocycles. The molecule has 0 bridgehead atoms. The van der Waals surface area contributed by atoms with E-state index in [4.69, 9.17) is 0 Å². The van der Waals surface area contributed by atoms with E-state index in [2.05, 4.69) is 5.32 Å². The standard InChI is InChI=1S/C19H23N3O4/c1-3-20-19(26)21(2)10-12-5-4-6-14-15(12)11-22(18(14)25)16-8-7-13(23)9-17(16)24/h4-6,16H,3,7-11H2,1-2H3,(H,20,26). The largest absolute Gasteiger partial charge is 0.338 e. The van der Waals surface area contributed by atoms with E-state index in [1.807, 2.05) is 13.0 Å². The van der Waals surface area contributed by atoms with Gasteiger partial charge >= 0.3 is 6.03 Å². The smallest absolute Gasteiger partial charge is 0.317 e. The Balaban J connectivity index is 1.80. The van der Waals surface area contributed by atoms with E-state index in [-0.39, 0.29) is 29.9 Å². The normalized spacial score (nSPS) is 19.5. The number of nitrogens with one attached hydrogen (secondary N) is 1. The van der Waals surface area contributed by atoms with Gasteiger partial charge in [0.25, 0.3) is 5.91 Å². The lowest BCUT2D eigenvalue weighted by atomic mass is 9.92. The highest BCUT2D eigenvalue weighted by molar-refractivity contribution is 6.07. The van der Waals surface area contributed by atoms with Crippen LogP contribution >= 0.6 is 0 Å². The fourth-order valence-corrected chi connectivity index (χ4v) is 3.62. The summed E-state index contributed by atoms with van der Waals surface area (Å²) in [5.41, 5.74) is 2.33. The predicted octanol–water partition coefficient (Wildman–Crippen LogP) is 1.49. The Morgan fingerprint density at radius 3 is 2.77 bits per heavy atom. The van der Waals surface area contributed by atoms with Crippen molar-refractivity contribution in [2.45, 2.75) is 45.3 Å². The van der Waals surface area contributed by atoms with E-state index in [9.17, 15) is 19.2 Å². The van der Waals surface area contributed by atoms with Gasteiger partial charge in [0.2, 0.25) is 0 Å². The molecule has 1 N–H and O–H groups in total. The topological polar surface area (TPSA) is 86.8 Å². The van der Waals surface area contributed by atoms with Crippen LogP contribution < -0.4 is 5.32 Å². The molecule has 3 amide bonds. The number of hydrogen-bond acceptors (Lipinski definition) is 4. The Hall–Kier alpha value is -2.70. The summed E-state index contributed by atoms with van der Waals surface area (Å²) in [6.45, 7) is 3.13. The number of benzene rings is 1. The van der Waals surface area contributed by atoms with Crippen molar-refractivity contribution in [3.05, 3.63) is 34.9 Å². The fourth-order valence-electron chi connectivity index (χ4n) is 3.62. The third kappa shape index (κ3) is 3.34. The first-order chi connectivity index (χ1) is 12.4. The quantitative estimate of drug-likeness (QED) is 0.827. The van der Waals surface area contributed by atoms with Crippen LogP contribution in [0.2, 0.25) is 0 Å². The number of ketones is 2. The molecule has 1 heterocycles. The monoisotopic (exact) mass is 357 g/mol. The van der Waals surface area contributed by atoms with Crippen molar-refractivity contribution >= 4 is 23.5 Å². The molecular weight excluding hydrogens is 334 g/mol. The van der Waals surface area contributed by atoms with Gasteiger partial charge in [-0.05, 0) is 30.5 Å². The molecule has 2 aliphatic rings. The molecule has 0 radical (unpaired) electrons. The summed E-state index contributed by atoms with van der Waals surface area (Å²) >= 11 is 0. The summed E-state index contributed by atoms with van der Waals surface area (Å²) in [5.74, 6) is -0.404. The number of hydrogen-bond donors (Lipinski definition) is 1. The van der Waals surface area contributed by atoms with Crippen molar-refractivity contribution in [3.8, 4) is 0 Å². The molecule has 1 aromatic rings. The van der Waals surface area contributed by atoms with Crippen LogP contribution in [0.3, 0.4) is 0 Å². The van der Waals surface area contributed by atoms with Gasteiger partial charge in [-0.25, -0.2) is 4.79 Å². The molecule has 1 atom stereocenters. The molecule has 0 spiro atoms. The van der Waals surface area contributed by atoms with Crippen LogP contribution in [0.5, 0.6) is 0 Å². The van der Waals surface area contributed by atoms with Crippen molar-refractivity contribution in [1.29, 1.82) is 0 Å². The van der Waals surface area contributed by atoms with Gasteiger partial charge in [-0.15, -0.1) is 0 Å². The highest BCUT2D eigenvalue weighted by atomic mass is 16.2. The van der Waals surface area contributed by atoms with E-state index >= 15 is 0 Å². The van der Waals surface area contributed by atoms with Gasteiger partial charge in [-0.1, -0.05) is 12.1 Å². The fraction of sp³-hybridized carbons (Fsp3) is 0.474. The van der Waals surface area contributed by atoms with Crippen LogP contribution in [-0.2, 0) is 22.7 Å². The van der Waals surface area contributed by atoms with E-state index in [0.29, 0.717) is 38.0 Å². The van der Waals surface area contributed by atoms with Crippen molar-refractivity contribution < 1.29 is 19.2 Å². The molecule has 7 heteroatoms. The Bertz CT molecular complexity index is 774. The third-order valence-electron chi connectivity index (χ3n) is 4.99. The van der Waals surface area contributed by atoms with Gasteiger partial charge in [0.1, 0.15) is 5.78 Å². The van der Waals surface area contributed by atoms with Crippen molar-refractivity contribution in [1.82, 2.24) is 15.1 Å². The van der Waals surface area contributed by atoms with Gasteiger partial charge in [0.15, 0.2) is 5.78 Å². The molecule has 3 rings (SSSR count). The van der Waals surface area contributed by atoms with Crippen LogP contribution in [0, 0.1) is 0 Å². The molecule has 7 nitrogen and oxygen atoms in total. The van der Waals surface area contributed by atoms with Gasteiger partial charge in [-0.2, -0.15) is 0 Å². The van der Waals surface area contributed by atoms with Crippen LogP contribution in [0.4, 0.5) is 4.79 Å². The number of rotatable bonds is 4. The number of carbonyl (C=O) groups is 4. The van der Waals surface area contributed by atoms with Gasteiger partial charge in [-0.3, -0.25) is 14.4 Å². The number of carbonyl (C=O) groups excluding carboxylic acids is 4. The average molecular weight is 357 g/mol. The zero-order valence-corrected chi connectivity index (χ0v) is 15.1. The second-order valence-corrected chi connectivity index (χ2v) is 6.80. The lowest BCUT2D eigenvalue weighted by molar-refractivity contribution is -0.133. The summed E-state index contributed by atoms with van der Waals surface area (Å²) in [5, 5.41) is 2.75. The molecule has 1 aliphatic heterocycles. The Labute approximate surface area is 152 Å². The molecule has 1 fully saturated rings.